The van der Waals surface area contributed by atoms with Gasteiger partial charge in [0.25, 0.3) is 0 Å². The van der Waals surface area contributed by atoms with Gasteiger partial charge in [-0.3, -0.25) is 10.3 Å². The van der Waals surface area contributed by atoms with Gasteiger partial charge in [0.1, 0.15) is 0 Å². The lowest BCUT2D eigenvalue weighted by Crippen LogP contribution is -2.29. The molecule has 4 nitrogen and oxygen atoms in total. The first-order chi connectivity index (χ1) is 7.86. The highest BCUT2D eigenvalue weighted by Crippen LogP contribution is 2.28. The van der Waals surface area contributed by atoms with Gasteiger partial charge in [-0.2, -0.15) is 0 Å². The molecule has 1 fully saturated rings. The zero-order valence-electron chi connectivity index (χ0n) is 10.4. The summed E-state index contributed by atoms with van der Waals surface area (Å²) in [5.74, 6) is 1.51. The average Bonchev–Trinajstić information content (AvgIpc) is 2.30. The number of ether oxygens (including phenoxy) is 2. The molecule has 4 heteroatoms. The third-order valence-electron chi connectivity index (χ3n) is 3.11. The van der Waals surface area contributed by atoms with E-state index < -0.39 is 0 Å². The van der Waals surface area contributed by atoms with E-state index in [2.05, 4.69) is 10.3 Å². The molecule has 0 aliphatic heterocycles. The second kappa shape index (κ2) is 8.53. The Hall–Kier alpha value is -0.610. The molecule has 0 aromatic carbocycles. The Kier molecular flexibility index (Phi) is 7.17. The van der Waals surface area contributed by atoms with Crippen molar-refractivity contribution in [3.05, 3.63) is 0 Å². The summed E-state index contributed by atoms with van der Waals surface area (Å²) in [5, 5.41) is 3.31. The molecule has 2 atom stereocenters. The number of rotatable bonds is 7. The summed E-state index contributed by atoms with van der Waals surface area (Å²) in [6, 6.07) is 0. The SMILES string of the molecule is COC=NCC1CCCC(CNCOC)C1. The van der Waals surface area contributed by atoms with Crippen LogP contribution in [0, 0.1) is 11.8 Å². The molecule has 0 radical (unpaired) electrons. The van der Waals surface area contributed by atoms with Crippen LogP contribution in [0.1, 0.15) is 25.7 Å². The Morgan fingerprint density at radius 3 is 2.88 bits per heavy atom. The fourth-order valence-corrected chi connectivity index (χ4v) is 2.39. The molecule has 0 spiro atoms. The van der Waals surface area contributed by atoms with Crippen LogP contribution in [0.2, 0.25) is 0 Å². The monoisotopic (exact) mass is 228 g/mol. The maximum Gasteiger partial charge on any atom is 0.168 e. The molecule has 16 heavy (non-hydrogen) atoms. The maximum atomic E-state index is 4.99. The fourth-order valence-electron chi connectivity index (χ4n) is 2.39. The first-order valence-corrected chi connectivity index (χ1v) is 6.07. The second-order valence-corrected chi connectivity index (χ2v) is 4.49. The van der Waals surface area contributed by atoms with Crippen molar-refractivity contribution in [3.63, 3.8) is 0 Å². The van der Waals surface area contributed by atoms with Gasteiger partial charge in [0.15, 0.2) is 6.40 Å². The van der Waals surface area contributed by atoms with Gasteiger partial charge < -0.3 is 9.47 Å². The van der Waals surface area contributed by atoms with Crippen molar-refractivity contribution in [1.29, 1.82) is 0 Å². The molecule has 94 valence electrons. The lowest BCUT2D eigenvalue weighted by molar-refractivity contribution is 0.161. The third-order valence-corrected chi connectivity index (χ3v) is 3.11. The van der Waals surface area contributed by atoms with Gasteiger partial charge in [0.05, 0.1) is 13.8 Å². The number of aliphatic imine (C=N–C) groups is 1. The van der Waals surface area contributed by atoms with Crippen molar-refractivity contribution in [2.24, 2.45) is 16.8 Å². The molecule has 0 saturated heterocycles. The van der Waals surface area contributed by atoms with Crippen LogP contribution in [0.15, 0.2) is 4.99 Å². The minimum atomic E-state index is 0.656. The van der Waals surface area contributed by atoms with Crippen molar-refractivity contribution in [3.8, 4) is 0 Å². The van der Waals surface area contributed by atoms with E-state index in [0.29, 0.717) is 6.73 Å². The highest BCUT2D eigenvalue weighted by Gasteiger charge is 2.21. The molecule has 0 bridgehead atoms. The van der Waals surface area contributed by atoms with Crippen molar-refractivity contribution in [2.45, 2.75) is 25.7 Å². The van der Waals surface area contributed by atoms with Crippen molar-refractivity contribution in [2.75, 3.05) is 34.0 Å². The van der Waals surface area contributed by atoms with Gasteiger partial charge in [0.2, 0.25) is 0 Å². The van der Waals surface area contributed by atoms with E-state index >= 15 is 0 Å². The molecule has 1 saturated carbocycles. The minimum absolute atomic E-state index is 0.656. The number of nitrogens with zero attached hydrogens (tertiary/aromatic N) is 1. The summed E-state index contributed by atoms with van der Waals surface area (Å²) in [5.41, 5.74) is 0. The standard InChI is InChI=1S/C12H24N2O2/c1-15-9-13-7-11-4-3-5-12(6-11)8-14-10-16-2/h9,11-12,14H,3-8,10H2,1-2H3. The highest BCUT2D eigenvalue weighted by molar-refractivity contribution is 5.45. The Labute approximate surface area is 98.4 Å². The lowest BCUT2D eigenvalue weighted by Gasteiger charge is -2.28. The van der Waals surface area contributed by atoms with Crippen molar-refractivity contribution >= 4 is 6.40 Å². The van der Waals surface area contributed by atoms with E-state index in [4.69, 9.17) is 9.47 Å². The minimum Gasteiger partial charge on any atom is -0.487 e. The number of nitrogens with one attached hydrogen (secondary N) is 1. The molecule has 0 aromatic rings. The largest absolute Gasteiger partial charge is 0.487 e. The summed E-state index contributed by atoms with van der Waals surface area (Å²) in [4.78, 5) is 4.25. The van der Waals surface area contributed by atoms with Crippen molar-refractivity contribution < 1.29 is 9.47 Å². The number of methoxy groups -OCH3 is 2. The third kappa shape index (κ3) is 5.47. The van der Waals surface area contributed by atoms with E-state index in [1.165, 1.54) is 25.7 Å². The molecule has 1 rings (SSSR count). The smallest absolute Gasteiger partial charge is 0.168 e. The van der Waals surface area contributed by atoms with Crippen LogP contribution >= 0.6 is 0 Å². The quantitative estimate of drug-likeness (QED) is 0.312. The Morgan fingerprint density at radius 1 is 1.31 bits per heavy atom. The van der Waals surface area contributed by atoms with E-state index in [0.717, 1.165) is 24.9 Å². The van der Waals surface area contributed by atoms with Crippen LogP contribution in [0.5, 0.6) is 0 Å². The lowest BCUT2D eigenvalue weighted by atomic mass is 9.81. The van der Waals surface area contributed by atoms with E-state index in [9.17, 15) is 0 Å². The molecule has 2 unspecified atom stereocenters. The molecule has 1 aliphatic rings. The van der Waals surface area contributed by atoms with Crippen LogP contribution in [-0.2, 0) is 9.47 Å². The van der Waals surface area contributed by atoms with Gasteiger partial charge in [-0.15, -0.1) is 0 Å². The van der Waals surface area contributed by atoms with E-state index in [-0.39, 0.29) is 0 Å². The van der Waals surface area contributed by atoms with Gasteiger partial charge in [0, 0.05) is 20.2 Å². The summed E-state index contributed by atoms with van der Waals surface area (Å²) in [6.45, 7) is 2.63. The summed E-state index contributed by atoms with van der Waals surface area (Å²) >= 11 is 0. The fraction of sp³-hybridized carbons (Fsp3) is 0.917. The zero-order chi connectivity index (χ0) is 11.6. The molecule has 0 amide bonds. The summed E-state index contributed by atoms with van der Waals surface area (Å²) in [7, 11) is 3.36. The second-order valence-electron chi connectivity index (χ2n) is 4.49. The Bertz CT molecular complexity index is 197. The zero-order valence-corrected chi connectivity index (χ0v) is 10.4. The van der Waals surface area contributed by atoms with Crippen LogP contribution in [0.4, 0.5) is 0 Å². The highest BCUT2D eigenvalue weighted by atomic mass is 16.5. The van der Waals surface area contributed by atoms with Crippen LogP contribution in [0.3, 0.4) is 0 Å². The first kappa shape index (κ1) is 13.5. The average molecular weight is 228 g/mol. The van der Waals surface area contributed by atoms with Gasteiger partial charge in [-0.1, -0.05) is 6.42 Å². The predicted octanol–water partition coefficient (Wildman–Crippen LogP) is 1.66. The first-order valence-electron chi connectivity index (χ1n) is 6.07. The number of hydrogen-bond donors (Lipinski definition) is 1. The van der Waals surface area contributed by atoms with Gasteiger partial charge >= 0.3 is 0 Å². The summed E-state index contributed by atoms with van der Waals surface area (Å²) < 4.78 is 9.81. The van der Waals surface area contributed by atoms with Crippen molar-refractivity contribution in [1.82, 2.24) is 5.32 Å². The topological polar surface area (TPSA) is 42.8 Å². The van der Waals surface area contributed by atoms with Crippen LogP contribution in [0.25, 0.3) is 0 Å². The number of hydrogen-bond acceptors (Lipinski definition) is 4. The van der Waals surface area contributed by atoms with Gasteiger partial charge in [-0.25, -0.2) is 0 Å². The van der Waals surface area contributed by atoms with Gasteiger partial charge in [-0.05, 0) is 31.1 Å². The summed E-state index contributed by atoms with van der Waals surface area (Å²) in [6.07, 6.45) is 6.79. The normalized spacial score (nSPS) is 26.1. The molecule has 1 aliphatic carbocycles. The molecule has 0 aromatic heterocycles. The molecule has 0 heterocycles. The maximum absolute atomic E-state index is 4.99. The molecular weight excluding hydrogens is 204 g/mol. The van der Waals surface area contributed by atoms with E-state index in [1.807, 2.05) is 0 Å². The Balaban J connectivity index is 2.16. The van der Waals surface area contributed by atoms with Crippen LogP contribution < -0.4 is 5.32 Å². The molecule has 1 N–H and O–H groups in total. The predicted molar refractivity (Wildman–Crippen MR) is 65.7 cm³/mol. The Morgan fingerprint density at radius 2 is 2.12 bits per heavy atom. The molecular formula is C12H24N2O2. The van der Waals surface area contributed by atoms with Crippen LogP contribution in [-0.4, -0.2) is 40.4 Å². The van der Waals surface area contributed by atoms with E-state index in [1.54, 1.807) is 20.6 Å².